The van der Waals surface area contributed by atoms with Crippen molar-refractivity contribution in [1.82, 2.24) is 9.97 Å². The lowest BCUT2D eigenvalue weighted by Crippen LogP contribution is -2.08. The molecule has 0 amide bonds. The molecule has 35 heavy (non-hydrogen) atoms. The molecule has 0 atom stereocenters. The molecule has 10 heteroatoms. The zero-order chi connectivity index (χ0) is 25.0. The number of hydrogen-bond donors (Lipinski definition) is 2. The van der Waals surface area contributed by atoms with Crippen molar-refractivity contribution in [3.63, 3.8) is 0 Å². The highest BCUT2D eigenvalue weighted by atomic mass is 19.4. The van der Waals surface area contributed by atoms with E-state index in [1.165, 1.54) is 42.5 Å². The number of halogens is 3. The third-order valence-electron chi connectivity index (χ3n) is 4.84. The Labute approximate surface area is 197 Å². The summed E-state index contributed by atoms with van der Waals surface area (Å²) in [6.45, 7) is 0. The van der Waals surface area contributed by atoms with Crippen molar-refractivity contribution in [3.8, 4) is 34.9 Å². The number of anilines is 3. The van der Waals surface area contributed by atoms with Gasteiger partial charge in [-0.3, -0.25) is 0 Å². The van der Waals surface area contributed by atoms with Crippen LogP contribution in [0.4, 0.5) is 30.6 Å². The van der Waals surface area contributed by atoms with Gasteiger partial charge in [0.15, 0.2) is 0 Å². The van der Waals surface area contributed by atoms with Crippen LogP contribution < -0.4 is 15.8 Å². The van der Waals surface area contributed by atoms with E-state index in [0.29, 0.717) is 22.4 Å². The molecule has 0 aliphatic carbocycles. The van der Waals surface area contributed by atoms with Crippen LogP contribution >= 0.6 is 0 Å². The third-order valence-corrected chi connectivity index (χ3v) is 4.84. The molecule has 0 aliphatic heterocycles. The quantitative estimate of drug-likeness (QED) is 0.364. The van der Waals surface area contributed by atoms with Crippen LogP contribution in [0.1, 0.15) is 16.7 Å². The lowest BCUT2D eigenvalue weighted by atomic mass is 9.98. The summed E-state index contributed by atoms with van der Waals surface area (Å²) in [6, 6.07) is 21.1. The van der Waals surface area contributed by atoms with Gasteiger partial charge in [0.25, 0.3) is 0 Å². The molecule has 4 rings (SSSR count). The zero-order valence-electron chi connectivity index (χ0n) is 17.8. The van der Waals surface area contributed by atoms with Crippen molar-refractivity contribution in [3.05, 3.63) is 89.5 Å². The molecule has 0 spiro atoms. The van der Waals surface area contributed by atoms with Crippen LogP contribution in [0.15, 0.2) is 72.8 Å². The van der Waals surface area contributed by atoms with Crippen LogP contribution in [0.2, 0.25) is 0 Å². The Balaban J connectivity index is 1.63. The largest absolute Gasteiger partial charge is 0.439 e. The van der Waals surface area contributed by atoms with Gasteiger partial charge in [0.1, 0.15) is 11.6 Å². The summed E-state index contributed by atoms with van der Waals surface area (Å²) in [5.74, 6) is -0.0589. The minimum Gasteiger partial charge on any atom is -0.439 e. The predicted molar refractivity (Wildman–Crippen MR) is 123 cm³/mol. The molecule has 0 radical (unpaired) electrons. The normalized spacial score (nSPS) is 10.8. The number of ether oxygens (including phenoxy) is 1. The van der Waals surface area contributed by atoms with E-state index in [4.69, 9.17) is 21.0 Å². The molecule has 3 N–H and O–H groups in total. The summed E-state index contributed by atoms with van der Waals surface area (Å²) in [5.41, 5.74) is 6.55. The topological polar surface area (TPSA) is 121 Å². The minimum absolute atomic E-state index is 0.0383. The maximum atomic E-state index is 13.8. The van der Waals surface area contributed by atoms with E-state index in [1.54, 1.807) is 24.3 Å². The highest BCUT2D eigenvalue weighted by molar-refractivity contribution is 5.70. The standard InChI is InChI=1S/C25H15F3N6O/c26-25(27,28)21-11-19(9-10-20(21)17-5-1-15(13-29)2-6-17)35-23-12-22(31)33-24(34-23)32-18-7-3-16(14-30)4-8-18/h1-12H,(H3,31,32,33,34). The number of benzene rings is 3. The molecule has 0 saturated carbocycles. The molecule has 0 saturated heterocycles. The molecule has 0 fully saturated rings. The van der Waals surface area contributed by atoms with E-state index in [1.807, 2.05) is 12.1 Å². The summed E-state index contributed by atoms with van der Waals surface area (Å²) in [4.78, 5) is 8.20. The van der Waals surface area contributed by atoms with Crippen LogP contribution in [0.5, 0.6) is 11.6 Å². The second-order valence-electron chi connectivity index (χ2n) is 7.27. The van der Waals surface area contributed by atoms with Crippen molar-refractivity contribution in [2.45, 2.75) is 6.18 Å². The fraction of sp³-hybridized carbons (Fsp3) is 0.0400. The molecule has 172 valence electrons. The van der Waals surface area contributed by atoms with Gasteiger partial charge in [-0.2, -0.15) is 33.7 Å². The maximum absolute atomic E-state index is 13.8. The summed E-state index contributed by atoms with van der Waals surface area (Å²) < 4.78 is 47.1. The zero-order valence-corrected chi connectivity index (χ0v) is 17.8. The van der Waals surface area contributed by atoms with E-state index in [2.05, 4.69) is 15.3 Å². The monoisotopic (exact) mass is 472 g/mol. The van der Waals surface area contributed by atoms with Gasteiger partial charge in [-0.05, 0) is 59.7 Å². The Kier molecular flexibility index (Phi) is 6.21. The second-order valence-corrected chi connectivity index (χ2v) is 7.27. The number of aromatic nitrogens is 2. The van der Waals surface area contributed by atoms with Crippen molar-refractivity contribution in [2.75, 3.05) is 11.1 Å². The SMILES string of the molecule is N#Cc1ccc(Nc2nc(N)cc(Oc3ccc(-c4ccc(C#N)cc4)c(C(F)(F)F)c3)n2)cc1. The summed E-state index contributed by atoms with van der Waals surface area (Å²) >= 11 is 0. The smallest absolute Gasteiger partial charge is 0.417 e. The van der Waals surface area contributed by atoms with E-state index in [-0.39, 0.29) is 29.0 Å². The van der Waals surface area contributed by atoms with Gasteiger partial charge in [-0.1, -0.05) is 18.2 Å². The molecular formula is C25H15F3N6O. The molecule has 7 nitrogen and oxygen atoms in total. The Bertz CT molecular complexity index is 1450. The Morgan fingerprint density at radius 3 is 2.06 bits per heavy atom. The molecule has 0 aliphatic rings. The number of nitrogens with two attached hydrogens (primary N) is 1. The van der Waals surface area contributed by atoms with Gasteiger partial charge in [0.05, 0.1) is 28.8 Å². The van der Waals surface area contributed by atoms with Gasteiger partial charge in [-0.15, -0.1) is 0 Å². The predicted octanol–water partition coefficient (Wildman–Crippen LogP) is 6.02. The van der Waals surface area contributed by atoms with Gasteiger partial charge in [-0.25, -0.2) is 0 Å². The number of rotatable bonds is 5. The Morgan fingerprint density at radius 1 is 0.829 bits per heavy atom. The first-order valence-electron chi connectivity index (χ1n) is 10.1. The average molecular weight is 472 g/mol. The lowest BCUT2D eigenvalue weighted by Gasteiger charge is -2.15. The number of nitrogens with one attached hydrogen (secondary N) is 1. The Hall–Kier alpha value is -5.09. The molecule has 0 unspecified atom stereocenters. The van der Waals surface area contributed by atoms with Crippen LogP contribution in [0.3, 0.4) is 0 Å². The van der Waals surface area contributed by atoms with E-state index in [0.717, 1.165) is 6.07 Å². The molecule has 3 aromatic carbocycles. The van der Waals surface area contributed by atoms with Crippen LogP contribution in [-0.4, -0.2) is 9.97 Å². The number of nitrogens with zero attached hydrogens (tertiary/aromatic N) is 4. The molecule has 1 aromatic heterocycles. The molecule has 1 heterocycles. The third kappa shape index (κ3) is 5.46. The first kappa shape index (κ1) is 23.1. The van der Waals surface area contributed by atoms with Gasteiger partial charge < -0.3 is 15.8 Å². The van der Waals surface area contributed by atoms with Gasteiger partial charge in [0, 0.05) is 11.8 Å². The molecule has 4 aromatic rings. The summed E-state index contributed by atoms with van der Waals surface area (Å²) in [6.07, 6.45) is -4.66. The van der Waals surface area contributed by atoms with Crippen molar-refractivity contribution < 1.29 is 17.9 Å². The van der Waals surface area contributed by atoms with Crippen molar-refractivity contribution in [2.24, 2.45) is 0 Å². The molecule has 0 bridgehead atoms. The summed E-state index contributed by atoms with van der Waals surface area (Å²) in [7, 11) is 0. The number of hydrogen-bond acceptors (Lipinski definition) is 7. The highest BCUT2D eigenvalue weighted by Gasteiger charge is 2.34. The number of nitriles is 2. The lowest BCUT2D eigenvalue weighted by molar-refractivity contribution is -0.137. The van der Waals surface area contributed by atoms with Crippen LogP contribution in [-0.2, 0) is 6.18 Å². The number of nitrogen functional groups attached to an aromatic ring is 1. The van der Waals surface area contributed by atoms with Gasteiger partial charge >= 0.3 is 6.18 Å². The fourth-order valence-corrected chi connectivity index (χ4v) is 3.23. The fourth-order valence-electron chi connectivity index (χ4n) is 3.23. The second kappa shape index (κ2) is 9.41. The van der Waals surface area contributed by atoms with E-state index >= 15 is 0 Å². The van der Waals surface area contributed by atoms with Gasteiger partial charge in [0.2, 0.25) is 11.8 Å². The van der Waals surface area contributed by atoms with Crippen molar-refractivity contribution in [1.29, 1.82) is 10.5 Å². The highest BCUT2D eigenvalue weighted by Crippen LogP contribution is 2.40. The first-order valence-corrected chi connectivity index (χ1v) is 10.1. The minimum atomic E-state index is -4.66. The molecular weight excluding hydrogens is 457 g/mol. The van der Waals surface area contributed by atoms with E-state index in [9.17, 15) is 13.2 Å². The van der Waals surface area contributed by atoms with E-state index < -0.39 is 11.7 Å². The van der Waals surface area contributed by atoms with Crippen molar-refractivity contribution >= 4 is 17.5 Å². The van der Waals surface area contributed by atoms with Crippen LogP contribution in [0, 0.1) is 22.7 Å². The summed E-state index contributed by atoms with van der Waals surface area (Å²) in [5, 5.41) is 20.7. The number of alkyl halides is 3. The van der Waals surface area contributed by atoms with Crippen LogP contribution in [0.25, 0.3) is 11.1 Å². The Morgan fingerprint density at radius 2 is 1.46 bits per heavy atom. The first-order chi connectivity index (χ1) is 16.7. The maximum Gasteiger partial charge on any atom is 0.417 e. The average Bonchev–Trinajstić information content (AvgIpc) is 2.84.